The third-order valence-corrected chi connectivity index (χ3v) is 4.20. The third-order valence-electron chi connectivity index (χ3n) is 4.20. The van der Waals surface area contributed by atoms with Crippen LogP contribution in [0.25, 0.3) is 0 Å². The Kier molecular flexibility index (Phi) is 5.55. The van der Waals surface area contributed by atoms with Crippen molar-refractivity contribution in [2.75, 3.05) is 39.8 Å². The van der Waals surface area contributed by atoms with Gasteiger partial charge in [0, 0.05) is 26.1 Å². The number of rotatable bonds is 3. The molecular formula is C14H24N4O3. The zero-order chi connectivity index (χ0) is 15.2. The smallest absolute Gasteiger partial charge is 0.321 e. The molecule has 2 aliphatic rings. The first-order chi connectivity index (χ1) is 10.1. The van der Waals surface area contributed by atoms with Gasteiger partial charge in [-0.15, -0.1) is 0 Å². The molecular weight excluding hydrogens is 272 g/mol. The van der Waals surface area contributed by atoms with Crippen molar-refractivity contribution in [2.45, 2.75) is 25.7 Å². The number of carbonyl (C=O) groups is 3. The van der Waals surface area contributed by atoms with E-state index in [4.69, 9.17) is 0 Å². The summed E-state index contributed by atoms with van der Waals surface area (Å²) in [7, 11) is 1.47. The largest absolute Gasteiger partial charge is 0.342 e. The molecule has 0 unspecified atom stereocenters. The van der Waals surface area contributed by atoms with E-state index in [0.29, 0.717) is 0 Å². The van der Waals surface area contributed by atoms with Gasteiger partial charge in [0.15, 0.2) is 0 Å². The predicted octanol–water partition coefficient (Wildman–Crippen LogP) is -0.224. The number of hydrogen-bond acceptors (Lipinski definition) is 4. The molecule has 0 aromatic heterocycles. The van der Waals surface area contributed by atoms with E-state index in [2.05, 4.69) is 10.6 Å². The molecule has 0 bridgehead atoms. The van der Waals surface area contributed by atoms with Gasteiger partial charge < -0.3 is 10.2 Å². The van der Waals surface area contributed by atoms with Crippen LogP contribution in [0.3, 0.4) is 0 Å². The zero-order valence-electron chi connectivity index (χ0n) is 12.6. The maximum Gasteiger partial charge on any atom is 0.321 e. The standard InChI is InChI=1S/C14H24N4O3/c1-15-14(21)16-12(19)10-17-8-4-11(5-9-17)13(20)18-6-2-3-7-18/h11H,2-10H2,1H3,(H2,15,16,19,21). The normalized spacial score (nSPS) is 20.3. The number of amides is 4. The Morgan fingerprint density at radius 3 is 2.24 bits per heavy atom. The van der Waals surface area contributed by atoms with E-state index in [9.17, 15) is 14.4 Å². The quantitative estimate of drug-likeness (QED) is 0.754. The van der Waals surface area contributed by atoms with E-state index in [0.717, 1.165) is 51.9 Å². The van der Waals surface area contributed by atoms with Gasteiger partial charge in [-0.1, -0.05) is 0 Å². The van der Waals surface area contributed by atoms with Gasteiger partial charge in [-0.3, -0.25) is 19.8 Å². The van der Waals surface area contributed by atoms with Crippen LogP contribution < -0.4 is 10.6 Å². The molecule has 0 radical (unpaired) electrons. The highest BCUT2D eigenvalue weighted by atomic mass is 16.2. The summed E-state index contributed by atoms with van der Waals surface area (Å²) in [5, 5.41) is 4.60. The fraction of sp³-hybridized carbons (Fsp3) is 0.786. The molecule has 7 nitrogen and oxygen atoms in total. The van der Waals surface area contributed by atoms with Crippen molar-refractivity contribution >= 4 is 17.8 Å². The molecule has 0 atom stereocenters. The van der Waals surface area contributed by atoms with Crippen LogP contribution in [0.2, 0.25) is 0 Å². The first kappa shape index (κ1) is 15.8. The van der Waals surface area contributed by atoms with E-state index >= 15 is 0 Å². The lowest BCUT2D eigenvalue weighted by Gasteiger charge is -2.32. The fourth-order valence-electron chi connectivity index (χ4n) is 2.97. The minimum absolute atomic E-state index is 0.0985. The van der Waals surface area contributed by atoms with E-state index in [1.54, 1.807) is 0 Å². The second-order valence-electron chi connectivity index (χ2n) is 5.71. The van der Waals surface area contributed by atoms with Crippen LogP contribution in [-0.2, 0) is 9.59 Å². The minimum Gasteiger partial charge on any atom is -0.342 e. The summed E-state index contributed by atoms with van der Waals surface area (Å²) in [5.41, 5.74) is 0. The molecule has 2 N–H and O–H groups in total. The van der Waals surface area contributed by atoms with Crippen molar-refractivity contribution in [2.24, 2.45) is 5.92 Å². The van der Waals surface area contributed by atoms with Gasteiger partial charge >= 0.3 is 6.03 Å². The van der Waals surface area contributed by atoms with E-state index < -0.39 is 6.03 Å². The van der Waals surface area contributed by atoms with Gasteiger partial charge in [-0.2, -0.15) is 0 Å². The van der Waals surface area contributed by atoms with Crippen LogP contribution in [0.15, 0.2) is 0 Å². The van der Waals surface area contributed by atoms with Crippen molar-refractivity contribution in [1.82, 2.24) is 20.4 Å². The zero-order valence-corrected chi connectivity index (χ0v) is 12.6. The van der Waals surface area contributed by atoms with E-state index in [-0.39, 0.29) is 24.3 Å². The lowest BCUT2D eigenvalue weighted by molar-refractivity contribution is -0.136. The highest BCUT2D eigenvalue weighted by molar-refractivity contribution is 5.95. The number of piperidine rings is 1. The number of hydrogen-bond donors (Lipinski definition) is 2. The van der Waals surface area contributed by atoms with Crippen molar-refractivity contribution in [3.63, 3.8) is 0 Å². The molecule has 2 saturated heterocycles. The molecule has 2 rings (SSSR count). The van der Waals surface area contributed by atoms with Crippen molar-refractivity contribution in [1.29, 1.82) is 0 Å². The molecule has 2 heterocycles. The maximum absolute atomic E-state index is 12.3. The minimum atomic E-state index is -0.487. The predicted molar refractivity (Wildman–Crippen MR) is 77.6 cm³/mol. The number of nitrogens with zero attached hydrogens (tertiary/aromatic N) is 2. The summed E-state index contributed by atoms with van der Waals surface area (Å²) >= 11 is 0. The van der Waals surface area contributed by atoms with Crippen LogP contribution in [-0.4, -0.2) is 67.4 Å². The van der Waals surface area contributed by atoms with Crippen LogP contribution >= 0.6 is 0 Å². The molecule has 0 aromatic carbocycles. The Morgan fingerprint density at radius 1 is 1.05 bits per heavy atom. The topological polar surface area (TPSA) is 81.8 Å². The second kappa shape index (κ2) is 7.40. The number of urea groups is 1. The van der Waals surface area contributed by atoms with Crippen LogP contribution in [0.4, 0.5) is 4.79 Å². The van der Waals surface area contributed by atoms with Gasteiger partial charge in [0.1, 0.15) is 0 Å². The summed E-state index contributed by atoms with van der Waals surface area (Å²) < 4.78 is 0. The molecule has 2 fully saturated rings. The Bertz CT molecular complexity index is 399. The highest BCUT2D eigenvalue weighted by Gasteiger charge is 2.30. The number of nitrogens with one attached hydrogen (secondary N) is 2. The third kappa shape index (κ3) is 4.42. The number of carbonyl (C=O) groups excluding carboxylic acids is 3. The van der Waals surface area contributed by atoms with Crippen LogP contribution in [0.5, 0.6) is 0 Å². The van der Waals surface area contributed by atoms with Gasteiger partial charge in [0.05, 0.1) is 6.54 Å². The van der Waals surface area contributed by atoms with E-state index in [1.165, 1.54) is 7.05 Å². The second-order valence-corrected chi connectivity index (χ2v) is 5.71. The van der Waals surface area contributed by atoms with Crippen molar-refractivity contribution < 1.29 is 14.4 Å². The molecule has 21 heavy (non-hydrogen) atoms. The summed E-state index contributed by atoms with van der Waals surface area (Å²) in [6, 6.07) is -0.487. The molecule has 2 aliphatic heterocycles. The van der Waals surface area contributed by atoms with Gasteiger partial charge in [0.25, 0.3) is 0 Å². The fourth-order valence-corrected chi connectivity index (χ4v) is 2.97. The van der Waals surface area contributed by atoms with Crippen molar-refractivity contribution in [3.05, 3.63) is 0 Å². The highest BCUT2D eigenvalue weighted by Crippen LogP contribution is 2.21. The SMILES string of the molecule is CNC(=O)NC(=O)CN1CCC(C(=O)N2CCCC2)CC1. The molecule has 0 saturated carbocycles. The Balaban J connectivity index is 1.71. The maximum atomic E-state index is 12.3. The monoisotopic (exact) mass is 296 g/mol. The Labute approximate surface area is 125 Å². The average Bonchev–Trinajstić information content (AvgIpc) is 3.01. The molecule has 0 spiro atoms. The lowest BCUT2D eigenvalue weighted by atomic mass is 9.95. The van der Waals surface area contributed by atoms with Crippen molar-refractivity contribution in [3.8, 4) is 0 Å². The lowest BCUT2D eigenvalue weighted by Crippen LogP contribution is -2.47. The van der Waals surface area contributed by atoms with Crippen LogP contribution in [0.1, 0.15) is 25.7 Å². The summed E-state index contributed by atoms with van der Waals surface area (Å²) in [6.07, 6.45) is 3.82. The molecule has 0 aromatic rings. The van der Waals surface area contributed by atoms with Gasteiger partial charge in [-0.05, 0) is 38.8 Å². The van der Waals surface area contributed by atoms with Gasteiger partial charge in [-0.25, -0.2) is 4.79 Å². The summed E-state index contributed by atoms with van der Waals surface area (Å²) in [6.45, 7) is 3.45. The number of imide groups is 1. The Hall–Kier alpha value is -1.63. The number of likely N-dealkylation sites (tertiary alicyclic amines) is 2. The van der Waals surface area contributed by atoms with Crippen LogP contribution in [0, 0.1) is 5.92 Å². The molecule has 7 heteroatoms. The van der Waals surface area contributed by atoms with Gasteiger partial charge in [0.2, 0.25) is 11.8 Å². The molecule has 0 aliphatic carbocycles. The Morgan fingerprint density at radius 2 is 1.67 bits per heavy atom. The van der Waals surface area contributed by atoms with E-state index in [1.807, 2.05) is 9.80 Å². The first-order valence-electron chi connectivity index (χ1n) is 7.63. The molecule has 4 amide bonds. The molecule has 118 valence electrons. The average molecular weight is 296 g/mol. The summed E-state index contributed by atoms with van der Waals surface area (Å²) in [5.74, 6) is 0.0713. The summed E-state index contributed by atoms with van der Waals surface area (Å²) in [4.78, 5) is 38.9. The first-order valence-corrected chi connectivity index (χ1v) is 7.63.